The number of halogens is 1. The quantitative estimate of drug-likeness (QED) is 0.835. The van der Waals surface area contributed by atoms with Crippen molar-refractivity contribution in [1.82, 2.24) is 5.32 Å². The molecule has 1 saturated carbocycles. The maximum absolute atomic E-state index is 14.4. The summed E-state index contributed by atoms with van der Waals surface area (Å²) >= 11 is 0. The lowest BCUT2D eigenvalue weighted by molar-refractivity contribution is 0.129. The van der Waals surface area contributed by atoms with E-state index in [1.165, 1.54) is 12.8 Å². The van der Waals surface area contributed by atoms with Gasteiger partial charge in [-0.15, -0.1) is 0 Å². The van der Waals surface area contributed by atoms with Crippen LogP contribution in [-0.2, 0) is 0 Å². The molecular formula is C19H30FN. The lowest BCUT2D eigenvalue weighted by atomic mass is 9.64. The van der Waals surface area contributed by atoms with Gasteiger partial charge in [-0.2, -0.15) is 0 Å². The van der Waals surface area contributed by atoms with Gasteiger partial charge >= 0.3 is 0 Å². The fraction of sp³-hybridized carbons (Fsp3) is 0.684. The summed E-state index contributed by atoms with van der Waals surface area (Å²) in [7, 11) is 2.00. The molecule has 1 fully saturated rings. The highest BCUT2D eigenvalue weighted by Crippen LogP contribution is 2.47. The van der Waals surface area contributed by atoms with Crippen molar-refractivity contribution in [2.75, 3.05) is 13.6 Å². The maximum Gasteiger partial charge on any atom is 0.126 e. The number of hydrogen-bond donors (Lipinski definition) is 1. The molecule has 0 saturated heterocycles. The van der Waals surface area contributed by atoms with E-state index in [9.17, 15) is 4.39 Å². The highest BCUT2D eigenvalue weighted by atomic mass is 19.1. The number of benzene rings is 1. The Labute approximate surface area is 129 Å². The van der Waals surface area contributed by atoms with Crippen LogP contribution in [0.15, 0.2) is 18.2 Å². The summed E-state index contributed by atoms with van der Waals surface area (Å²) < 4.78 is 14.4. The second-order valence-corrected chi connectivity index (χ2v) is 7.83. The molecule has 1 aromatic carbocycles. The van der Waals surface area contributed by atoms with Gasteiger partial charge in [-0.25, -0.2) is 4.39 Å². The van der Waals surface area contributed by atoms with E-state index in [1.54, 1.807) is 6.07 Å². The highest BCUT2D eigenvalue weighted by Gasteiger charge is 2.37. The van der Waals surface area contributed by atoms with Gasteiger partial charge in [0.2, 0.25) is 0 Å². The summed E-state index contributed by atoms with van der Waals surface area (Å²) in [5.74, 6) is 1.54. The molecule has 2 rings (SSSR count). The second-order valence-electron chi connectivity index (χ2n) is 7.83. The van der Waals surface area contributed by atoms with Gasteiger partial charge in [0.05, 0.1) is 0 Å². The monoisotopic (exact) mass is 291 g/mol. The van der Waals surface area contributed by atoms with Crippen molar-refractivity contribution in [2.45, 2.75) is 52.9 Å². The van der Waals surface area contributed by atoms with Crippen LogP contribution < -0.4 is 5.32 Å². The Bertz CT molecular complexity index is 475. The number of aryl methyl sites for hydroxylation is 1. The van der Waals surface area contributed by atoms with Crippen molar-refractivity contribution in [1.29, 1.82) is 0 Å². The third-order valence-corrected chi connectivity index (χ3v) is 5.24. The number of rotatable bonds is 3. The van der Waals surface area contributed by atoms with Gasteiger partial charge in [-0.1, -0.05) is 38.5 Å². The largest absolute Gasteiger partial charge is 0.319 e. The van der Waals surface area contributed by atoms with E-state index in [0.717, 1.165) is 24.1 Å². The van der Waals surface area contributed by atoms with Gasteiger partial charge in [0.25, 0.3) is 0 Å². The van der Waals surface area contributed by atoms with Crippen LogP contribution in [0, 0.1) is 30.0 Å². The lowest BCUT2D eigenvalue weighted by Gasteiger charge is -2.42. The number of hydrogen-bond acceptors (Lipinski definition) is 1. The molecule has 21 heavy (non-hydrogen) atoms. The Morgan fingerprint density at radius 2 is 1.95 bits per heavy atom. The third kappa shape index (κ3) is 3.85. The van der Waals surface area contributed by atoms with Gasteiger partial charge in [0, 0.05) is 0 Å². The van der Waals surface area contributed by atoms with Crippen LogP contribution in [0.4, 0.5) is 4.39 Å². The standard InChI is InChI=1S/C19H30FN/c1-13-6-9-18(20)17(10-13)16-11-15(19(2,3)4)8-7-14(16)12-21-5/h6,9-10,14-16,21H,7-8,11-12H2,1-5H3. The Morgan fingerprint density at radius 3 is 2.57 bits per heavy atom. The maximum atomic E-state index is 14.4. The smallest absolute Gasteiger partial charge is 0.126 e. The lowest BCUT2D eigenvalue weighted by Crippen LogP contribution is -2.35. The molecule has 3 atom stereocenters. The predicted molar refractivity (Wildman–Crippen MR) is 88.1 cm³/mol. The molecule has 0 spiro atoms. The first kappa shape index (κ1) is 16.5. The van der Waals surface area contributed by atoms with Crippen molar-refractivity contribution >= 4 is 0 Å². The van der Waals surface area contributed by atoms with Crippen molar-refractivity contribution in [3.63, 3.8) is 0 Å². The average Bonchev–Trinajstić information content (AvgIpc) is 2.41. The zero-order chi connectivity index (χ0) is 15.6. The Morgan fingerprint density at radius 1 is 1.24 bits per heavy atom. The first-order valence-electron chi connectivity index (χ1n) is 8.23. The minimum absolute atomic E-state index is 0.0266. The molecule has 0 amide bonds. The summed E-state index contributed by atoms with van der Waals surface area (Å²) in [6.45, 7) is 9.99. The van der Waals surface area contributed by atoms with Gasteiger partial charge in [-0.3, -0.25) is 0 Å². The Hall–Kier alpha value is -0.890. The SMILES string of the molecule is CNCC1CCC(C(C)(C)C)CC1c1cc(C)ccc1F. The normalized spacial score (nSPS) is 26.9. The molecule has 0 bridgehead atoms. The van der Waals surface area contributed by atoms with E-state index in [1.807, 2.05) is 13.1 Å². The molecule has 1 nitrogen and oxygen atoms in total. The van der Waals surface area contributed by atoms with Crippen molar-refractivity contribution < 1.29 is 4.39 Å². The predicted octanol–water partition coefficient (Wildman–Crippen LogP) is 4.90. The summed E-state index contributed by atoms with van der Waals surface area (Å²) in [5.41, 5.74) is 2.40. The molecule has 0 radical (unpaired) electrons. The van der Waals surface area contributed by atoms with Crippen LogP contribution in [0.5, 0.6) is 0 Å². The van der Waals surface area contributed by atoms with E-state index < -0.39 is 0 Å². The molecular weight excluding hydrogens is 261 g/mol. The molecule has 118 valence electrons. The zero-order valence-corrected chi connectivity index (χ0v) is 14.2. The van der Waals surface area contributed by atoms with Gasteiger partial charge in [-0.05, 0) is 74.6 Å². The molecule has 1 aromatic rings. The zero-order valence-electron chi connectivity index (χ0n) is 14.2. The van der Waals surface area contributed by atoms with Gasteiger partial charge in [0.15, 0.2) is 0 Å². The summed E-state index contributed by atoms with van der Waals surface area (Å²) in [6.07, 6.45) is 3.57. The molecule has 0 aliphatic heterocycles. The fourth-order valence-corrected chi connectivity index (χ4v) is 3.85. The minimum Gasteiger partial charge on any atom is -0.319 e. The Balaban J connectivity index is 2.31. The van der Waals surface area contributed by atoms with Crippen LogP contribution >= 0.6 is 0 Å². The Kier molecular flexibility index (Phi) is 5.08. The molecule has 1 N–H and O–H groups in total. The third-order valence-electron chi connectivity index (χ3n) is 5.24. The summed E-state index contributed by atoms with van der Waals surface area (Å²) in [5, 5.41) is 3.30. The van der Waals surface area contributed by atoms with Gasteiger partial charge < -0.3 is 5.32 Å². The molecule has 0 aromatic heterocycles. The second kappa shape index (κ2) is 6.48. The van der Waals surface area contributed by atoms with E-state index in [2.05, 4.69) is 39.1 Å². The first-order chi connectivity index (χ1) is 9.82. The summed E-state index contributed by atoms with van der Waals surface area (Å²) in [6, 6.07) is 5.57. The molecule has 1 aliphatic rings. The van der Waals surface area contributed by atoms with Crippen LogP contribution in [-0.4, -0.2) is 13.6 Å². The van der Waals surface area contributed by atoms with E-state index in [4.69, 9.17) is 0 Å². The molecule has 3 unspecified atom stereocenters. The first-order valence-corrected chi connectivity index (χ1v) is 8.23. The highest BCUT2D eigenvalue weighted by molar-refractivity contribution is 5.28. The van der Waals surface area contributed by atoms with E-state index in [-0.39, 0.29) is 5.82 Å². The minimum atomic E-state index is -0.0266. The molecule has 0 heterocycles. The van der Waals surface area contributed by atoms with Crippen molar-refractivity contribution in [2.24, 2.45) is 17.3 Å². The van der Waals surface area contributed by atoms with E-state index in [0.29, 0.717) is 23.2 Å². The van der Waals surface area contributed by atoms with Crippen molar-refractivity contribution in [3.05, 3.63) is 35.1 Å². The van der Waals surface area contributed by atoms with Crippen molar-refractivity contribution in [3.8, 4) is 0 Å². The van der Waals surface area contributed by atoms with Crippen LogP contribution in [0.2, 0.25) is 0 Å². The van der Waals surface area contributed by atoms with Crippen LogP contribution in [0.3, 0.4) is 0 Å². The summed E-state index contributed by atoms with van der Waals surface area (Å²) in [4.78, 5) is 0. The van der Waals surface area contributed by atoms with Crippen LogP contribution in [0.25, 0.3) is 0 Å². The topological polar surface area (TPSA) is 12.0 Å². The molecule has 1 aliphatic carbocycles. The fourth-order valence-electron chi connectivity index (χ4n) is 3.85. The van der Waals surface area contributed by atoms with Gasteiger partial charge in [0.1, 0.15) is 5.82 Å². The average molecular weight is 291 g/mol. The number of nitrogens with one attached hydrogen (secondary N) is 1. The van der Waals surface area contributed by atoms with E-state index >= 15 is 0 Å². The molecule has 2 heteroatoms. The van der Waals surface area contributed by atoms with Crippen LogP contribution in [0.1, 0.15) is 57.1 Å².